The smallest absolute Gasteiger partial charge is 0.237 e. The number of hydrogen-bond donors (Lipinski definition) is 2. The Labute approximate surface area is 109 Å². The SMILES string of the molecule is Cc1[nH]c2ccc(F)cc2c1CC(=O)NS(C)(=O)=O. The summed E-state index contributed by atoms with van der Waals surface area (Å²) in [4.78, 5) is 14.6. The molecule has 102 valence electrons. The molecule has 0 saturated carbocycles. The summed E-state index contributed by atoms with van der Waals surface area (Å²) in [5, 5.41) is 0.584. The molecule has 0 aliphatic rings. The predicted molar refractivity (Wildman–Crippen MR) is 69.7 cm³/mol. The van der Waals surface area contributed by atoms with Crippen molar-refractivity contribution in [1.29, 1.82) is 0 Å². The fraction of sp³-hybridized carbons (Fsp3) is 0.250. The Bertz CT molecular complexity index is 750. The number of carbonyl (C=O) groups excluding carboxylic acids is 1. The van der Waals surface area contributed by atoms with Crippen molar-refractivity contribution in [3.8, 4) is 0 Å². The van der Waals surface area contributed by atoms with Gasteiger partial charge >= 0.3 is 0 Å². The van der Waals surface area contributed by atoms with E-state index < -0.39 is 21.7 Å². The molecule has 2 aromatic rings. The molecule has 7 heteroatoms. The number of aromatic nitrogens is 1. The zero-order chi connectivity index (χ0) is 14.2. The van der Waals surface area contributed by atoms with Gasteiger partial charge in [-0.15, -0.1) is 0 Å². The van der Waals surface area contributed by atoms with Crippen molar-refractivity contribution in [2.75, 3.05) is 6.26 Å². The van der Waals surface area contributed by atoms with E-state index in [1.54, 1.807) is 13.0 Å². The monoisotopic (exact) mass is 284 g/mol. The largest absolute Gasteiger partial charge is 0.358 e. The Hall–Kier alpha value is -1.89. The molecule has 0 radical (unpaired) electrons. The van der Waals surface area contributed by atoms with Gasteiger partial charge in [-0.3, -0.25) is 9.52 Å². The first-order valence-corrected chi connectivity index (χ1v) is 7.43. The van der Waals surface area contributed by atoms with E-state index in [1.165, 1.54) is 12.1 Å². The number of rotatable bonds is 3. The Balaban J connectivity index is 2.37. The van der Waals surface area contributed by atoms with E-state index in [0.717, 1.165) is 6.26 Å². The van der Waals surface area contributed by atoms with Gasteiger partial charge in [-0.1, -0.05) is 0 Å². The van der Waals surface area contributed by atoms with Gasteiger partial charge in [0.05, 0.1) is 12.7 Å². The molecule has 0 saturated heterocycles. The van der Waals surface area contributed by atoms with Gasteiger partial charge < -0.3 is 4.98 Å². The highest BCUT2D eigenvalue weighted by molar-refractivity contribution is 7.89. The van der Waals surface area contributed by atoms with E-state index in [0.29, 0.717) is 22.2 Å². The number of nitrogens with one attached hydrogen (secondary N) is 2. The first kappa shape index (κ1) is 13.5. The van der Waals surface area contributed by atoms with Gasteiger partial charge in [0.2, 0.25) is 15.9 Å². The fourth-order valence-electron chi connectivity index (χ4n) is 1.99. The first-order chi connectivity index (χ1) is 8.76. The van der Waals surface area contributed by atoms with Gasteiger partial charge in [0.1, 0.15) is 5.82 Å². The summed E-state index contributed by atoms with van der Waals surface area (Å²) >= 11 is 0. The quantitative estimate of drug-likeness (QED) is 0.890. The zero-order valence-corrected chi connectivity index (χ0v) is 11.3. The Morgan fingerprint density at radius 3 is 2.74 bits per heavy atom. The Morgan fingerprint density at radius 1 is 1.42 bits per heavy atom. The van der Waals surface area contributed by atoms with Crippen molar-refractivity contribution in [1.82, 2.24) is 9.71 Å². The second-order valence-electron chi connectivity index (χ2n) is 4.39. The second kappa shape index (κ2) is 4.65. The molecule has 0 spiro atoms. The van der Waals surface area contributed by atoms with Crippen molar-refractivity contribution in [2.24, 2.45) is 0 Å². The third kappa shape index (κ3) is 3.11. The molecule has 19 heavy (non-hydrogen) atoms. The van der Waals surface area contributed by atoms with Crippen molar-refractivity contribution < 1.29 is 17.6 Å². The summed E-state index contributed by atoms with van der Waals surface area (Å²) in [6.07, 6.45) is 0.787. The molecule has 0 unspecified atom stereocenters. The number of fused-ring (bicyclic) bond motifs is 1. The van der Waals surface area contributed by atoms with Gasteiger partial charge in [0.25, 0.3) is 0 Å². The molecule has 1 amide bonds. The van der Waals surface area contributed by atoms with Gasteiger partial charge in [-0.2, -0.15) is 0 Å². The summed E-state index contributed by atoms with van der Waals surface area (Å²) < 4.78 is 37.1. The van der Waals surface area contributed by atoms with Crippen LogP contribution in [0.2, 0.25) is 0 Å². The van der Waals surface area contributed by atoms with E-state index in [4.69, 9.17) is 0 Å². The van der Waals surface area contributed by atoms with Crippen molar-refractivity contribution >= 4 is 26.8 Å². The van der Waals surface area contributed by atoms with Crippen LogP contribution in [0.3, 0.4) is 0 Å². The molecule has 0 fully saturated rings. The van der Waals surface area contributed by atoms with Gasteiger partial charge in [-0.05, 0) is 30.7 Å². The predicted octanol–water partition coefficient (Wildman–Crippen LogP) is 1.23. The highest BCUT2D eigenvalue weighted by atomic mass is 32.2. The van der Waals surface area contributed by atoms with Crippen LogP contribution in [-0.2, 0) is 21.2 Å². The molecule has 0 aliphatic heterocycles. The molecule has 1 heterocycles. The fourth-order valence-corrected chi connectivity index (χ4v) is 2.47. The summed E-state index contributed by atoms with van der Waals surface area (Å²) in [5.74, 6) is -1.05. The maximum atomic E-state index is 13.2. The number of carbonyl (C=O) groups is 1. The lowest BCUT2D eigenvalue weighted by Gasteiger charge is -2.03. The topological polar surface area (TPSA) is 79.0 Å². The van der Waals surface area contributed by atoms with Crippen molar-refractivity contribution in [3.05, 3.63) is 35.3 Å². The van der Waals surface area contributed by atoms with Crippen LogP contribution in [-0.4, -0.2) is 25.6 Å². The normalized spacial score (nSPS) is 11.7. The van der Waals surface area contributed by atoms with Crippen molar-refractivity contribution in [2.45, 2.75) is 13.3 Å². The minimum absolute atomic E-state index is 0.123. The van der Waals surface area contributed by atoms with E-state index in [1.807, 2.05) is 4.72 Å². The van der Waals surface area contributed by atoms with Gasteiger partial charge in [0, 0.05) is 16.6 Å². The number of aryl methyl sites for hydroxylation is 1. The zero-order valence-electron chi connectivity index (χ0n) is 10.5. The standard InChI is InChI=1S/C12H13FN2O3S/c1-7-9(6-12(16)15-19(2,17)18)10-5-8(13)3-4-11(10)14-7/h3-5,14H,6H2,1-2H3,(H,15,16). The van der Waals surface area contributed by atoms with Crippen LogP contribution in [0.25, 0.3) is 10.9 Å². The van der Waals surface area contributed by atoms with E-state index in [9.17, 15) is 17.6 Å². The number of benzene rings is 1. The lowest BCUT2D eigenvalue weighted by atomic mass is 10.1. The van der Waals surface area contributed by atoms with Crippen molar-refractivity contribution in [3.63, 3.8) is 0 Å². The number of halogens is 1. The molecule has 1 aromatic heterocycles. The third-order valence-electron chi connectivity index (χ3n) is 2.72. The van der Waals surface area contributed by atoms with Crippen LogP contribution in [0, 0.1) is 12.7 Å². The lowest BCUT2D eigenvalue weighted by Crippen LogP contribution is -2.30. The molecule has 5 nitrogen and oxygen atoms in total. The molecular weight excluding hydrogens is 271 g/mol. The second-order valence-corrected chi connectivity index (χ2v) is 6.14. The number of sulfonamides is 1. The molecule has 0 atom stereocenters. The Morgan fingerprint density at radius 2 is 2.11 bits per heavy atom. The van der Waals surface area contributed by atoms with E-state index in [-0.39, 0.29) is 6.42 Å². The molecule has 2 rings (SSSR count). The molecule has 2 N–H and O–H groups in total. The summed E-state index contributed by atoms with van der Waals surface area (Å²) in [6, 6.07) is 4.22. The van der Waals surface area contributed by atoms with Gasteiger partial charge in [-0.25, -0.2) is 12.8 Å². The number of H-pyrrole nitrogens is 1. The van der Waals surface area contributed by atoms with Crippen LogP contribution in [0.4, 0.5) is 4.39 Å². The average molecular weight is 284 g/mol. The maximum Gasteiger partial charge on any atom is 0.237 e. The lowest BCUT2D eigenvalue weighted by molar-refractivity contribution is -0.118. The van der Waals surface area contributed by atoms with Crippen LogP contribution in [0.5, 0.6) is 0 Å². The molecule has 0 bridgehead atoms. The average Bonchev–Trinajstić information content (AvgIpc) is 2.53. The summed E-state index contributed by atoms with van der Waals surface area (Å²) in [7, 11) is -3.58. The highest BCUT2D eigenvalue weighted by Gasteiger charge is 2.15. The first-order valence-electron chi connectivity index (χ1n) is 5.53. The van der Waals surface area contributed by atoms with Crippen LogP contribution in [0.1, 0.15) is 11.3 Å². The van der Waals surface area contributed by atoms with E-state index >= 15 is 0 Å². The molecule has 0 aliphatic carbocycles. The van der Waals surface area contributed by atoms with E-state index in [2.05, 4.69) is 4.98 Å². The number of hydrogen-bond acceptors (Lipinski definition) is 3. The molecule has 1 aromatic carbocycles. The van der Waals surface area contributed by atoms with Crippen LogP contribution >= 0.6 is 0 Å². The summed E-state index contributed by atoms with van der Waals surface area (Å²) in [6.45, 7) is 1.75. The third-order valence-corrected chi connectivity index (χ3v) is 3.32. The minimum Gasteiger partial charge on any atom is -0.358 e. The number of amides is 1. The number of aromatic amines is 1. The van der Waals surface area contributed by atoms with Crippen LogP contribution < -0.4 is 4.72 Å². The molecular formula is C12H13FN2O3S. The Kier molecular flexibility index (Phi) is 3.32. The highest BCUT2D eigenvalue weighted by Crippen LogP contribution is 2.23. The summed E-state index contributed by atoms with van der Waals surface area (Å²) in [5.41, 5.74) is 2.01. The van der Waals surface area contributed by atoms with Crippen LogP contribution in [0.15, 0.2) is 18.2 Å². The maximum absolute atomic E-state index is 13.2. The van der Waals surface area contributed by atoms with Gasteiger partial charge in [0.15, 0.2) is 0 Å². The minimum atomic E-state index is -3.58.